The van der Waals surface area contributed by atoms with Crippen LogP contribution in [0.3, 0.4) is 0 Å². The summed E-state index contributed by atoms with van der Waals surface area (Å²) in [6, 6.07) is 0.232. The fraction of sp³-hybridized carbons (Fsp3) is 0.750. The lowest BCUT2D eigenvalue weighted by Crippen LogP contribution is -2.36. The van der Waals surface area contributed by atoms with Crippen LogP contribution in [0.5, 0.6) is 0 Å². The number of nitrogens with one attached hydrogen (secondary N) is 2. The Morgan fingerprint density at radius 1 is 1.22 bits per heavy atom. The molecule has 0 atom stereocenters. The first kappa shape index (κ1) is 14.5. The highest BCUT2D eigenvalue weighted by Gasteiger charge is 2.17. The normalized spacial score (nSPS) is 15.2. The van der Waals surface area contributed by atoms with Gasteiger partial charge in [0.25, 0.3) is 5.91 Å². The summed E-state index contributed by atoms with van der Waals surface area (Å²) >= 11 is 0. The first-order valence-electron chi connectivity index (χ1n) is 6.27. The van der Waals surface area contributed by atoms with E-state index < -0.39 is 5.97 Å². The molecule has 1 aliphatic rings. The predicted octanol–water partition coefficient (Wildman–Crippen LogP) is 0.115. The van der Waals surface area contributed by atoms with Gasteiger partial charge in [0, 0.05) is 19.5 Å². The molecule has 0 spiro atoms. The zero-order valence-electron chi connectivity index (χ0n) is 10.7. The maximum atomic E-state index is 11.4. The van der Waals surface area contributed by atoms with E-state index in [1.807, 2.05) is 0 Å². The molecule has 1 rings (SSSR count). The van der Waals surface area contributed by atoms with Crippen LogP contribution in [0.1, 0.15) is 39.0 Å². The number of carbonyl (C=O) groups excluding carboxylic acids is 3. The average molecular weight is 256 g/mol. The highest BCUT2D eigenvalue weighted by Crippen LogP contribution is 2.17. The number of hydrogen-bond donors (Lipinski definition) is 2. The minimum atomic E-state index is -0.481. The monoisotopic (exact) mass is 256 g/mol. The van der Waals surface area contributed by atoms with Gasteiger partial charge in [-0.2, -0.15) is 0 Å². The summed E-state index contributed by atoms with van der Waals surface area (Å²) in [6.07, 6.45) is 4.36. The van der Waals surface area contributed by atoms with Crippen molar-refractivity contribution in [2.75, 3.05) is 13.2 Å². The minimum Gasteiger partial charge on any atom is -0.456 e. The zero-order valence-corrected chi connectivity index (χ0v) is 10.7. The van der Waals surface area contributed by atoms with Gasteiger partial charge in [-0.25, -0.2) is 0 Å². The van der Waals surface area contributed by atoms with E-state index in [4.69, 9.17) is 4.74 Å². The average Bonchev–Trinajstić information content (AvgIpc) is 2.78. The molecule has 2 N–H and O–H groups in total. The molecule has 0 saturated heterocycles. The van der Waals surface area contributed by atoms with Crippen LogP contribution in [0.2, 0.25) is 0 Å². The van der Waals surface area contributed by atoms with E-state index in [-0.39, 0.29) is 37.4 Å². The van der Waals surface area contributed by atoms with E-state index in [1.165, 1.54) is 6.92 Å². The summed E-state index contributed by atoms with van der Waals surface area (Å²) in [7, 11) is 0. The van der Waals surface area contributed by atoms with Gasteiger partial charge >= 0.3 is 5.97 Å². The predicted molar refractivity (Wildman–Crippen MR) is 64.7 cm³/mol. The summed E-state index contributed by atoms with van der Waals surface area (Å²) in [5.41, 5.74) is 0. The van der Waals surface area contributed by atoms with Crippen molar-refractivity contribution < 1.29 is 19.1 Å². The lowest BCUT2D eigenvalue weighted by Gasteiger charge is -2.11. The summed E-state index contributed by atoms with van der Waals surface area (Å²) < 4.78 is 4.79. The van der Waals surface area contributed by atoms with E-state index in [1.54, 1.807) is 0 Å². The summed E-state index contributed by atoms with van der Waals surface area (Å²) in [5.74, 6) is -0.929. The van der Waals surface area contributed by atoms with Crippen LogP contribution in [0, 0.1) is 0 Å². The molecule has 0 aromatic rings. The molecule has 6 nitrogen and oxygen atoms in total. The molecule has 2 amide bonds. The number of hydrogen-bond acceptors (Lipinski definition) is 4. The summed E-state index contributed by atoms with van der Waals surface area (Å²) in [5, 5.41) is 5.31. The Labute approximate surface area is 106 Å². The molecule has 6 heteroatoms. The lowest BCUT2D eigenvalue weighted by molar-refractivity contribution is -0.148. The van der Waals surface area contributed by atoms with E-state index in [0.29, 0.717) is 0 Å². The van der Waals surface area contributed by atoms with Crippen molar-refractivity contribution in [1.82, 2.24) is 10.6 Å². The molecule has 102 valence electrons. The molecule has 0 radical (unpaired) electrons. The molecular formula is C12H20N2O4. The highest BCUT2D eigenvalue weighted by molar-refractivity contribution is 5.81. The molecule has 0 aliphatic heterocycles. The van der Waals surface area contributed by atoms with Crippen LogP contribution >= 0.6 is 0 Å². The van der Waals surface area contributed by atoms with Crippen LogP contribution in [0.25, 0.3) is 0 Å². The van der Waals surface area contributed by atoms with Crippen LogP contribution in [0.4, 0.5) is 0 Å². The Hall–Kier alpha value is -1.59. The molecule has 1 aliphatic carbocycles. The van der Waals surface area contributed by atoms with Crippen LogP contribution < -0.4 is 10.6 Å². The highest BCUT2D eigenvalue weighted by atomic mass is 16.5. The Morgan fingerprint density at radius 3 is 2.50 bits per heavy atom. The Morgan fingerprint density at radius 2 is 1.89 bits per heavy atom. The van der Waals surface area contributed by atoms with Crippen molar-refractivity contribution in [2.24, 2.45) is 0 Å². The van der Waals surface area contributed by atoms with Gasteiger partial charge in [0.15, 0.2) is 6.61 Å². The van der Waals surface area contributed by atoms with Gasteiger partial charge in [-0.15, -0.1) is 0 Å². The largest absolute Gasteiger partial charge is 0.456 e. The third kappa shape index (κ3) is 6.22. The Bertz CT molecular complexity index is 311. The smallest absolute Gasteiger partial charge is 0.308 e. The number of esters is 1. The summed E-state index contributed by atoms with van der Waals surface area (Å²) in [6.45, 7) is 1.37. The SMILES string of the molecule is CC(=O)NCCC(=O)OCC(=O)NC1CCCC1. The van der Waals surface area contributed by atoms with Crippen LogP contribution in [-0.4, -0.2) is 37.0 Å². The molecule has 0 unspecified atom stereocenters. The number of carbonyl (C=O) groups is 3. The molecule has 18 heavy (non-hydrogen) atoms. The van der Waals surface area contributed by atoms with E-state index in [2.05, 4.69) is 10.6 Å². The van der Waals surface area contributed by atoms with Crippen molar-refractivity contribution in [3.63, 3.8) is 0 Å². The Kier molecular flexibility index (Phi) is 6.18. The van der Waals surface area contributed by atoms with E-state index in [9.17, 15) is 14.4 Å². The van der Waals surface area contributed by atoms with Crippen LogP contribution in [-0.2, 0) is 19.1 Å². The maximum absolute atomic E-state index is 11.4. The fourth-order valence-corrected chi connectivity index (χ4v) is 1.90. The van der Waals surface area contributed by atoms with Crippen LogP contribution in [0.15, 0.2) is 0 Å². The first-order valence-corrected chi connectivity index (χ1v) is 6.27. The van der Waals surface area contributed by atoms with Crippen molar-refractivity contribution >= 4 is 17.8 Å². The van der Waals surface area contributed by atoms with Gasteiger partial charge in [0.05, 0.1) is 6.42 Å². The Balaban J connectivity index is 2.05. The van der Waals surface area contributed by atoms with E-state index in [0.717, 1.165) is 25.7 Å². The molecule has 1 saturated carbocycles. The van der Waals surface area contributed by atoms with Gasteiger partial charge in [-0.05, 0) is 12.8 Å². The van der Waals surface area contributed by atoms with Crippen molar-refractivity contribution in [3.05, 3.63) is 0 Å². The van der Waals surface area contributed by atoms with Gasteiger partial charge in [0.2, 0.25) is 5.91 Å². The second-order valence-corrected chi connectivity index (χ2v) is 4.44. The quantitative estimate of drug-likeness (QED) is 0.661. The standard InChI is InChI=1S/C12H20N2O4/c1-9(15)13-7-6-12(17)18-8-11(16)14-10-4-2-3-5-10/h10H,2-8H2,1H3,(H,13,15)(H,14,16). The van der Waals surface area contributed by atoms with E-state index >= 15 is 0 Å². The van der Waals surface area contributed by atoms with Gasteiger partial charge in [-0.3, -0.25) is 14.4 Å². The molecule has 0 heterocycles. The third-order valence-electron chi connectivity index (χ3n) is 2.79. The van der Waals surface area contributed by atoms with Gasteiger partial charge in [-0.1, -0.05) is 12.8 Å². The summed E-state index contributed by atoms with van der Waals surface area (Å²) in [4.78, 5) is 33.2. The number of rotatable bonds is 6. The molecular weight excluding hydrogens is 236 g/mol. The number of amides is 2. The minimum absolute atomic E-state index is 0.0797. The topological polar surface area (TPSA) is 84.5 Å². The first-order chi connectivity index (χ1) is 8.58. The number of ether oxygens (including phenoxy) is 1. The maximum Gasteiger partial charge on any atom is 0.308 e. The zero-order chi connectivity index (χ0) is 13.4. The molecule has 1 fully saturated rings. The van der Waals surface area contributed by atoms with Gasteiger partial charge < -0.3 is 15.4 Å². The second-order valence-electron chi connectivity index (χ2n) is 4.44. The molecule has 0 bridgehead atoms. The molecule has 0 aromatic heterocycles. The van der Waals surface area contributed by atoms with Crippen molar-refractivity contribution in [3.8, 4) is 0 Å². The second kappa shape index (κ2) is 7.68. The van der Waals surface area contributed by atoms with Gasteiger partial charge in [0.1, 0.15) is 0 Å². The van der Waals surface area contributed by atoms with Crippen molar-refractivity contribution in [2.45, 2.75) is 45.1 Å². The lowest BCUT2D eigenvalue weighted by atomic mass is 10.2. The molecule has 0 aromatic carbocycles. The third-order valence-corrected chi connectivity index (χ3v) is 2.79. The van der Waals surface area contributed by atoms with Crippen molar-refractivity contribution in [1.29, 1.82) is 0 Å². The fourth-order valence-electron chi connectivity index (χ4n) is 1.90.